The van der Waals surface area contributed by atoms with Gasteiger partial charge >= 0.3 is 0 Å². The summed E-state index contributed by atoms with van der Waals surface area (Å²) in [6.07, 6.45) is 3.98. The van der Waals surface area contributed by atoms with Crippen molar-refractivity contribution in [2.45, 2.75) is 49.3 Å². The third-order valence-corrected chi connectivity index (χ3v) is 7.01. The Hall–Kier alpha value is -2.22. The van der Waals surface area contributed by atoms with Gasteiger partial charge in [0.1, 0.15) is 0 Å². The van der Waals surface area contributed by atoms with Crippen molar-refractivity contribution in [2.24, 2.45) is 0 Å². The Bertz CT molecular complexity index is 949. The monoisotopic (exact) mass is 389 g/mol. The minimum Gasteiger partial charge on any atom is -0.339 e. The molecule has 1 amide bonds. The lowest BCUT2D eigenvalue weighted by molar-refractivity contribution is 0.0703. The van der Waals surface area contributed by atoms with Crippen LogP contribution < -0.4 is 0 Å². The summed E-state index contributed by atoms with van der Waals surface area (Å²) >= 11 is 0. The van der Waals surface area contributed by atoms with Gasteiger partial charge in [0.15, 0.2) is 15.7 Å². The molecule has 2 fully saturated rings. The van der Waals surface area contributed by atoms with Crippen LogP contribution in [0, 0.1) is 0 Å². The Labute approximate surface area is 158 Å². The van der Waals surface area contributed by atoms with Gasteiger partial charge in [0.05, 0.1) is 10.6 Å². The summed E-state index contributed by atoms with van der Waals surface area (Å²) in [5.41, 5.74) is 0.400. The van der Waals surface area contributed by atoms with E-state index < -0.39 is 9.84 Å². The SMILES string of the molecule is CCS(=O)(=O)c1cccc(C(=O)N2CCCC(c3noc(C4CC4)n3)C2)c1. The van der Waals surface area contributed by atoms with Gasteiger partial charge in [-0.1, -0.05) is 18.1 Å². The first-order valence-electron chi connectivity index (χ1n) is 9.43. The van der Waals surface area contributed by atoms with E-state index in [0.717, 1.165) is 25.7 Å². The Morgan fingerprint density at radius 1 is 1.26 bits per heavy atom. The van der Waals surface area contributed by atoms with Crippen molar-refractivity contribution in [2.75, 3.05) is 18.8 Å². The van der Waals surface area contributed by atoms with E-state index in [0.29, 0.717) is 36.3 Å². The maximum absolute atomic E-state index is 12.9. The summed E-state index contributed by atoms with van der Waals surface area (Å²) in [6, 6.07) is 6.30. The molecule has 144 valence electrons. The molecule has 1 unspecified atom stereocenters. The number of rotatable bonds is 5. The Balaban J connectivity index is 1.50. The van der Waals surface area contributed by atoms with Crippen LogP contribution in [0.4, 0.5) is 0 Å². The van der Waals surface area contributed by atoms with Gasteiger partial charge in [-0.05, 0) is 43.9 Å². The lowest BCUT2D eigenvalue weighted by Crippen LogP contribution is -2.39. The van der Waals surface area contributed by atoms with Gasteiger partial charge in [0.25, 0.3) is 5.91 Å². The smallest absolute Gasteiger partial charge is 0.253 e. The van der Waals surface area contributed by atoms with Crippen LogP contribution in [-0.2, 0) is 9.84 Å². The predicted molar refractivity (Wildman–Crippen MR) is 98.3 cm³/mol. The maximum Gasteiger partial charge on any atom is 0.253 e. The van der Waals surface area contributed by atoms with Crippen molar-refractivity contribution in [1.29, 1.82) is 0 Å². The van der Waals surface area contributed by atoms with E-state index in [1.165, 1.54) is 12.1 Å². The minimum atomic E-state index is -3.34. The molecule has 0 spiro atoms. The maximum atomic E-state index is 12.9. The summed E-state index contributed by atoms with van der Waals surface area (Å²) in [5.74, 6) is 1.72. The summed E-state index contributed by atoms with van der Waals surface area (Å²) in [7, 11) is -3.34. The number of likely N-dealkylation sites (tertiary alicyclic amines) is 1. The van der Waals surface area contributed by atoms with Crippen LogP contribution in [-0.4, -0.2) is 48.2 Å². The molecule has 2 heterocycles. The van der Waals surface area contributed by atoms with Gasteiger partial charge < -0.3 is 9.42 Å². The number of carbonyl (C=O) groups is 1. The van der Waals surface area contributed by atoms with E-state index in [9.17, 15) is 13.2 Å². The van der Waals surface area contributed by atoms with E-state index in [-0.39, 0.29) is 22.5 Å². The molecule has 4 rings (SSSR count). The first kappa shape index (κ1) is 18.2. The lowest BCUT2D eigenvalue weighted by Gasteiger charge is -2.31. The fourth-order valence-electron chi connectivity index (χ4n) is 3.45. The zero-order valence-electron chi connectivity index (χ0n) is 15.3. The summed E-state index contributed by atoms with van der Waals surface area (Å²) in [6.45, 7) is 2.76. The fourth-order valence-corrected chi connectivity index (χ4v) is 4.38. The minimum absolute atomic E-state index is 0.0115. The van der Waals surface area contributed by atoms with Crippen LogP contribution in [0.3, 0.4) is 0 Å². The van der Waals surface area contributed by atoms with Crippen LogP contribution in [0.15, 0.2) is 33.7 Å². The molecule has 27 heavy (non-hydrogen) atoms. The molecule has 2 aromatic rings. The van der Waals surface area contributed by atoms with Gasteiger partial charge in [-0.3, -0.25) is 4.79 Å². The summed E-state index contributed by atoms with van der Waals surface area (Å²) in [4.78, 5) is 19.4. The zero-order valence-corrected chi connectivity index (χ0v) is 16.1. The van der Waals surface area contributed by atoms with E-state index in [1.54, 1.807) is 24.0 Å². The molecule has 7 nitrogen and oxygen atoms in total. The molecular weight excluding hydrogens is 366 g/mol. The zero-order chi connectivity index (χ0) is 19.0. The fraction of sp³-hybridized carbons (Fsp3) is 0.526. The largest absolute Gasteiger partial charge is 0.339 e. The average molecular weight is 389 g/mol. The number of benzene rings is 1. The van der Waals surface area contributed by atoms with Crippen molar-refractivity contribution in [3.8, 4) is 0 Å². The van der Waals surface area contributed by atoms with Crippen molar-refractivity contribution in [3.05, 3.63) is 41.5 Å². The highest BCUT2D eigenvalue weighted by Crippen LogP contribution is 2.39. The Morgan fingerprint density at radius 3 is 2.81 bits per heavy atom. The van der Waals surface area contributed by atoms with Gasteiger partial charge in [-0.25, -0.2) is 8.42 Å². The van der Waals surface area contributed by atoms with Crippen molar-refractivity contribution >= 4 is 15.7 Å². The molecule has 1 aliphatic heterocycles. The molecule has 0 N–H and O–H groups in total. The molecule has 0 radical (unpaired) electrons. The summed E-state index contributed by atoms with van der Waals surface area (Å²) < 4.78 is 29.6. The van der Waals surface area contributed by atoms with Gasteiger partial charge in [0, 0.05) is 30.5 Å². The van der Waals surface area contributed by atoms with Gasteiger partial charge in [-0.2, -0.15) is 4.98 Å². The lowest BCUT2D eigenvalue weighted by atomic mass is 9.96. The normalized spacial score (nSPS) is 20.6. The van der Waals surface area contributed by atoms with Crippen LogP contribution in [0.1, 0.15) is 66.5 Å². The number of piperidine rings is 1. The van der Waals surface area contributed by atoms with E-state index >= 15 is 0 Å². The number of amides is 1. The molecule has 1 saturated heterocycles. The van der Waals surface area contributed by atoms with Crippen LogP contribution in [0.25, 0.3) is 0 Å². The second kappa shape index (κ2) is 7.07. The average Bonchev–Trinajstić information content (AvgIpc) is 3.44. The molecule has 1 atom stereocenters. The van der Waals surface area contributed by atoms with Gasteiger partial charge in [0.2, 0.25) is 5.89 Å². The second-order valence-electron chi connectivity index (χ2n) is 7.29. The number of hydrogen-bond donors (Lipinski definition) is 0. The highest BCUT2D eigenvalue weighted by atomic mass is 32.2. The number of nitrogens with zero attached hydrogens (tertiary/aromatic N) is 3. The van der Waals surface area contributed by atoms with Crippen molar-refractivity contribution in [1.82, 2.24) is 15.0 Å². The van der Waals surface area contributed by atoms with Gasteiger partial charge in [-0.15, -0.1) is 0 Å². The molecular formula is C19H23N3O4S. The molecule has 8 heteroatoms. The van der Waals surface area contributed by atoms with Crippen LogP contribution in [0.5, 0.6) is 0 Å². The number of sulfone groups is 1. The highest BCUT2D eigenvalue weighted by Gasteiger charge is 2.33. The number of hydrogen-bond acceptors (Lipinski definition) is 6. The highest BCUT2D eigenvalue weighted by molar-refractivity contribution is 7.91. The third-order valence-electron chi connectivity index (χ3n) is 5.28. The van der Waals surface area contributed by atoms with Crippen LogP contribution in [0.2, 0.25) is 0 Å². The third kappa shape index (κ3) is 3.76. The first-order valence-corrected chi connectivity index (χ1v) is 11.1. The standard InChI is InChI=1S/C19H23N3O4S/c1-2-27(24,25)16-7-3-5-14(11-16)19(23)22-10-4-6-15(12-22)17-20-18(26-21-17)13-8-9-13/h3,5,7,11,13,15H,2,4,6,8-10,12H2,1H3. The molecule has 0 bridgehead atoms. The summed E-state index contributed by atoms with van der Waals surface area (Å²) in [5, 5.41) is 4.12. The van der Waals surface area contributed by atoms with Crippen LogP contribution >= 0.6 is 0 Å². The van der Waals surface area contributed by atoms with E-state index in [1.807, 2.05) is 0 Å². The molecule has 1 saturated carbocycles. The Morgan fingerprint density at radius 2 is 2.07 bits per heavy atom. The van der Waals surface area contributed by atoms with Crippen molar-refractivity contribution in [3.63, 3.8) is 0 Å². The second-order valence-corrected chi connectivity index (χ2v) is 9.56. The van der Waals surface area contributed by atoms with E-state index in [4.69, 9.17) is 4.52 Å². The predicted octanol–water partition coefficient (Wildman–Crippen LogP) is 2.76. The number of aromatic nitrogens is 2. The van der Waals surface area contributed by atoms with Crippen molar-refractivity contribution < 1.29 is 17.7 Å². The number of carbonyl (C=O) groups excluding carboxylic acids is 1. The molecule has 1 aliphatic carbocycles. The van der Waals surface area contributed by atoms with E-state index in [2.05, 4.69) is 10.1 Å². The molecule has 1 aromatic heterocycles. The Kier molecular flexibility index (Phi) is 4.75. The molecule has 2 aliphatic rings. The quantitative estimate of drug-likeness (QED) is 0.781. The molecule has 1 aromatic carbocycles. The first-order chi connectivity index (χ1) is 13.0. The topological polar surface area (TPSA) is 93.4 Å².